The van der Waals surface area contributed by atoms with Crippen LogP contribution in [-0.2, 0) is 10.9 Å². The highest BCUT2D eigenvalue weighted by molar-refractivity contribution is 6.33. The molecule has 0 saturated carbocycles. The second kappa shape index (κ2) is 9.51. The molecule has 2 aromatic rings. The van der Waals surface area contributed by atoms with Crippen LogP contribution in [0.2, 0.25) is 5.02 Å². The lowest BCUT2D eigenvalue weighted by Gasteiger charge is -2.41. The van der Waals surface area contributed by atoms with E-state index in [0.29, 0.717) is 0 Å². The van der Waals surface area contributed by atoms with Crippen molar-refractivity contribution in [3.63, 3.8) is 0 Å². The average Bonchev–Trinajstić information content (AvgIpc) is 2.73. The number of hydrogen-bond acceptors (Lipinski definition) is 3. The first kappa shape index (κ1) is 24.7. The Balaban J connectivity index is 1.84. The summed E-state index contributed by atoms with van der Waals surface area (Å²) < 4.78 is 44.7. The van der Waals surface area contributed by atoms with E-state index in [9.17, 15) is 22.8 Å². The highest BCUT2D eigenvalue weighted by Crippen LogP contribution is 2.34. The van der Waals surface area contributed by atoms with Crippen LogP contribution in [-0.4, -0.2) is 47.2 Å². The summed E-state index contributed by atoms with van der Waals surface area (Å²) in [5.41, 5.74) is -0.959. The van der Waals surface area contributed by atoms with Crippen LogP contribution in [0.4, 0.5) is 28.4 Å². The van der Waals surface area contributed by atoms with Crippen molar-refractivity contribution < 1.29 is 27.5 Å². The first-order chi connectivity index (χ1) is 15.3. The van der Waals surface area contributed by atoms with Gasteiger partial charge in [-0.1, -0.05) is 41.9 Å². The smallest absolute Gasteiger partial charge is 0.416 e. The molecule has 10 heteroatoms. The molecule has 2 aromatic carbocycles. The number of halogens is 4. The molecule has 1 unspecified atom stereocenters. The number of piperazine rings is 1. The molecular formula is C23H25ClF3N3O3. The Morgan fingerprint density at radius 1 is 1.06 bits per heavy atom. The van der Waals surface area contributed by atoms with Gasteiger partial charge in [0.15, 0.2) is 0 Å². The number of hydrogen-bond donors (Lipinski definition) is 1. The fraction of sp³-hybridized carbons (Fsp3) is 0.391. The second-order valence-electron chi connectivity index (χ2n) is 8.67. The third-order valence-corrected chi connectivity index (χ3v) is 5.34. The number of alkyl halides is 3. The minimum atomic E-state index is -4.57. The molecule has 0 radical (unpaired) electrons. The van der Waals surface area contributed by atoms with Crippen LogP contribution in [0.1, 0.15) is 37.9 Å². The zero-order valence-electron chi connectivity index (χ0n) is 18.4. The molecule has 178 valence electrons. The summed E-state index contributed by atoms with van der Waals surface area (Å²) in [5, 5.41) is 2.48. The Bertz CT molecular complexity index is 1010. The van der Waals surface area contributed by atoms with E-state index < -0.39 is 35.5 Å². The van der Waals surface area contributed by atoms with Crippen LogP contribution in [0.15, 0.2) is 48.5 Å². The molecular weight excluding hydrogens is 459 g/mol. The predicted molar refractivity (Wildman–Crippen MR) is 119 cm³/mol. The quantitative estimate of drug-likeness (QED) is 0.554. The van der Waals surface area contributed by atoms with Crippen molar-refractivity contribution in [2.24, 2.45) is 0 Å². The number of amides is 3. The Hall–Kier alpha value is -2.94. The van der Waals surface area contributed by atoms with Crippen LogP contribution in [0.25, 0.3) is 0 Å². The van der Waals surface area contributed by atoms with E-state index in [1.54, 1.807) is 20.8 Å². The molecule has 3 rings (SSSR count). The zero-order valence-corrected chi connectivity index (χ0v) is 19.2. The van der Waals surface area contributed by atoms with Gasteiger partial charge in [0, 0.05) is 19.6 Å². The largest absolute Gasteiger partial charge is 0.444 e. The number of urea groups is 1. The van der Waals surface area contributed by atoms with Gasteiger partial charge < -0.3 is 19.9 Å². The van der Waals surface area contributed by atoms with Gasteiger partial charge in [-0.05, 0) is 44.5 Å². The zero-order chi connectivity index (χ0) is 24.4. The molecule has 0 aliphatic carbocycles. The maximum atomic E-state index is 13.1. The molecule has 1 fully saturated rings. The maximum absolute atomic E-state index is 13.1. The van der Waals surface area contributed by atoms with Gasteiger partial charge in [0.2, 0.25) is 0 Å². The number of nitrogens with one attached hydrogen (secondary N) is 1. The molecule has 3 amide bonds. The topological polar surface area (TPSA) is 61.9 Å². The Kier molecular flexibility index (Phi) is 7.11. The summed E-state index contributed by atoms with van der Waals surface area (Å²) in [6.07, 6.45) is -5.07. The summed E-state index contributed by atoms with van der Waals surface area (Å²) in [5.74, 6) is 0. The third-order valence-electron chi connectivity index (χ3n) is 5.01. The van der Waals surface area contributed by atoms with Gasteiger partial charge in [-0.15, -0.1) is 0 Å². The highest BCUT2D eigenvalue weighted by atomic mass is 35.5. The van der Waals surface area contributed by atoms with E-state index >= 15 is 0 Å². The molecule has 1 N–H and O–H groups in total. The van der Waals surface area contributed by atoms with Crippen molar-refractivity contribution in [1.82, 2.24) is 9.80 Å². The van der Waals surface area contributed by atoms with E-state index in [1.165, 1.54) is 9.80 Å². The summed E-state index contributed by atoms with van der Waals surface area (Å²) in [4.78, 5) is 28.7. The van der Waals surface area contributed by atoms with Crippen LogP contribution >= 0.6 is 11.6 Å². The number of nitrogens with zero attached hydrogens (tertiary/aromatic N) is 2. The number of rotatable bonds is 2. The second-order valence-corrected chi connectivity index (χ2v) is 9.08. The van der Waals surface area contributed by atoms with Gasteiger partial charge in [-0.25, -0.2) is 9.59 Å². The highest BCUT2D eigenvalue weighted by Gasteiger charge is 2.36. The Morgan fingerprint density at radius 3 is 2.33 bits per heavy atom. The molecule has 0 spiro atoms. The van der Waals surface area contributed by atoms with Crippen molar-refractivity contribution in [2.75, 3.05) is 25.0 Å². The van der Waals surface area contributed by atoms with Crippen molar-refractivity contribution in [3.05, 3.63) is 64.7 Å². The molecule has 1 atom stereocenters. The maximum Gasteiger partial charge on any atom is 0.416 e. The van der Waals surface area contributed by atoms with Crippen molar-refractivity contribution >= 4 is 29.4 Å². The number of ether oxygens (including phenoxy) is 1. The van der Waals surface area contributed by atoms with Crippen molar-refractivity contribution in [3.8, 4) is 0 Å². The van der Waals surface area contributed by atoms with Crippen LogP contribution < -0.4 is 5.32 Å². The van der Waals surface area contributed by atoms with Crippen LogP contribution in [0.5, 0.6) is 0 Å². The van der Waals surface area contributed by atoms with Gasteiger partial charge in [-0.2, -0.15) is 13.2 Å². The van der Waals surface area contributed by atoms with Crippen molar-refractivity contribution in [1.29, 1.82) is 0 Å². The van der Waals surface area contributed by atoms with E-state index in [0.717, 1.165) is 23.8 Å². The van der Waals surface area contributed by atoms with Crippen molar-refractivity contribution in [2.45, 2.75) is 38.6 Å². The standard InChI is InChI=1S/C23H25ClF3N3O3/c1-22(2,3)33-21(32)29-11-12-30(19(14-29)15-7-5-4-6-8-15)20(31)28-18-13-16(23(25,26)27)9-10-17(18)24/h4-10,13,19H,11-12,14H2,1-3H3,(H,28,31). The number of carbonyl (C=O) groups is 2. The van der Waals surface area contributed by atoms with Crippen LogP contribution in [0.3, 0.4) is 0 Å². The van der Waals surface area contributed by atoms with Gasteiger partial charge in [0.25, 0.3) is 0 Å². The van der Waals surface area contributed by atoms with Gasteiger partial charge in [0.1, 0.15) is 5.60 Å². The molecule has 1 aliphatic heterocycles. The fourth-order valence-electron chi connectivity index (χ4n) is 3.46. The summed E-state index contributed by atoms with van der Waals surface area (Å²) >= 11 is 6.04. The Morgan fingerprint density at radius 2 is 1.73 bits per heavy atom. The lowest BCUT2D eigenvalue weighted by atomic mass is 10.0. The molecule has 33 heavy (non-hydrogen) atoms. The fourth-order valence-corrected chi connectivity index (χ4v) is 3.63. The normalized spacial score (nSPS) is 17.0. The minimum Gasteiger partial charge on any atom is -0.444 e. The predicted octanol–water partition coefficient (Wildman–Crippen LogP) is 6.18. The molecule has 1 heterocycles. The van der Waals surface area contributed by atoms with E-state index in [1.807, 2.05) is 30.3 Å². The van der Waals surface area contributed by atoms with E-state index in [2.05, 4.69) is 5.32 Å². The molecule has 1 aliphatic rings. The van der Waals surface area contributed by atoms with Gasteiger partial charge in [-0.3, -0.25) is 0 Å². The number of anilines is 1. The SMILES string of the molecule is CC(C)(C)OC(=O)N1CCN(C(=O)Nc2cc(C(F)(F)F)ccc2Cl)C(c2ccccc2)C1. The molecule has 6 nitrogen and oxygen atoms in total. The molecule has 1 saturated heterocycles. The molecule has 0 aromatic heterocycles. The first-order valence-electron chi connectivity index (χ1n) is 10.3. The van der Waals surface area contributed by atoms with Crippen LogP contribution in [0, 0.1) is 0 Å². The summed E-state index contributed by atoms with van der Waals surface area (Å²) in [6.45, 7) is 5.83. The van der Waals surface area contributed by atoms with E-state index in [-0.39, 0.29) is 30.3 Å². The third kappa shape index (κ3) is 6.31. The number of carbonyl (C=O) groups excluding carboxylic acids is 2. The monoisotopic (exact) mass is 483 g/mol. The van der Waals surface area contributed by atoms with Gasteiger partial charge in [0.05, 0.1) is 22.3 Å². The minimum absolute atomic E-state index is 0.0139. The Labute approximate surface area is 195 Å². The first-order valence-corrected chi connectivity index (χ1v) is 10.7. The number of benzene rings is 2. The van der Waals surface area contributed by atoms with Gasteiger partial charge >= 0.3 is 18.3 Å². The average molecular weight is 484 g/mol. The summed E-state index contributed by atoms with van der Waals surface area (Å²) in [7, 11) is 0. The lowest BCUT2D eigenvalue weighted by Crippen LogP contribution is -2.54. The summed E-state index contributed by atoms with van der Waals surface area (Å²) in [6, 6.07) is 10.7. The lowest BCUT2D eigenvalue weighted by molar-refractivity contribution is -0.137. The van der Waals surface area contributed by atoms with E-state index in [4.69, 9.17) is 16.3 Å². The molecule has 0 bridgehead atoms.